The van der Waals surface area contributed by atoms with Crippen LogP contribution in [0.5, 0.6) is 0 Å². The molecule has 15 heavy (non-hydrogen) atoms. The summed E-state index contributed by atoms with van der Waals surface area (Å²) in [4.78, 5) is 0. The summed E-state index contributed by atoms with van der Waals surface area (Å²) in [6, 6.07) is 0. The molecule has 1 rings (SSSR count). The van der Waals surface area contributed by atoms with Crippen molar-refractivity contribution < 1.29 is 39.2 Å². The van der Waals surface area contributed by atoms with Gasteiger partial charge in [0.05, 0.1) is 0 Å². The normalized spacial score (nSPS) is 46.5. The molecule has 0 spiro atoms. The first-order chi connectivity index (χ1) is 6.86. The lowest BCUT2D eigenvalue weighted by molar-refractivity contribution is -0.216. The van der Waals surface area contributed by atoms with Crippen molar-refractivity contribution in [1.29, 1.82) is 0 Å². The van der Waals surface area contributed by atoms with Gasteiger partial charge in [0.15, 0.2) is 0 Å². The maximum Gasteiger partial charge on any atom is 0.468 e. The summed E-state index contributed by atoms with van der Waals surface area (Å²) in [5.74, 6) is 0. The van der Waals surface area contributed by atoms with Crippen LogP contribution in [0.15, 0.2) is 0 Å². The van der Waals surface area contributed by atoms with Crippen molar-refractivity contribution in [2.75, 3.05) is 0 Å². The largest absolute Gasteiger partial charge is 0.468 e. The Morgan fingerprint density at radius 2 is 1.07 bits per heavy atom. The fraction of sp³-hybridized carbons (Fsp3) is 1.00. The molecule has 1 fully saturated rings. The molecule has 1 saturated carbocycles. The van der Waals surface area contributed by atoms with E-state index in [2.05, 4.69) is 4.52 Å². The second-order valence-corrected chi connectivity index (χ2v) is 3.90. The van der Waals surface area contributed by atoms with Gasteiger partial charge in [0.25, 0.3) is 0 Å². The maximum atomic E-state index is 10.2. The fourth-order valence-electron chi connectivity index (χ4n) is 1.42. The van der Waals surface area contributed by atoms with Crippen LogP contribution in [0.2, 0.25) is 0 Å². The standard InChI is InChI=1S/C6H11O8P/c7-1-2(8)4(10)6(14-15(12)13)5(11)3(1)9/h1-11H/t1?,2-,3?,4-,5+,6?/m1/s1. The van der Waals surface area contributed by atoms with Gasteiger partial charge in [-0.2, -0.15) is 0 Å². The van der Waals surface area contributed by atoms with Crippen LogP contribution in [0.1, 0.15) is 0 Å². The second kappa shape index (κ2) is 4.67. The summed E-state index contributed by atoms with van der Waals surface area (Å²) in [6.45, 7) is 0. The molecule has 0 heterocycles. The van der Waals surface area contributed by atoms with Gasteiger partial charge in [0.2, 0.25) is 0 Å². The van der Waals surface area contributed by atoms with E-state index in [4.69, 9.17) is 15.3 Å². The zero-order chi connectivity index (χ0) is 11.7. The van der Waals surface area contributed by atoms with Gasteiger partial charge in [0, 0.05) is 0 Å². The van der Waals surface area contributed by atoms with Crippen molar-refractivity contribution in [3.63, 3.8) is 0 Å². The summed E-state index contributed by atoms with van der Waals surface area (Å²) in [5.41, 5.74) is 0. The SMILES string of the molecule is O=P(=O)OC1[C@@H](O)C(O)C(O)[C@@H](O)[C@H]1O. The number of hydrogen-bond donors (Lipinski definition) is 5. The van der Waals surface area contributed by atoms with E-state index in [1.165, 1.54) is 0 Å². The van der Waals surface area contributed by atoms with Gasteiger partial charge in [0.1, 0.15) is 36.6 Å². The molecule has 88 valence electrons. The second-order valence-electron chi connectivity index (χ2n) is 3.25. The van der Waals surface area contributed by atoms with Crippen LogP contribution in [0.3, 0.4) is 0 Å². The zero-order valence-corrected chi connectivity index (χ0v) is 8.27. The van der Waals surface area contributed by atoms with Crippen LogP contribution < -0.4 is 0 Å². The third kappa shape index (κ3) is 2.43. The zero-order valence-electron chi connectivity index (χ0n) is 7.37. The Bertz CT molecular complexity index is 267. The van der Waals surface area contributed by atoms with Crippen molar-refractivity contribution >= 4 is 7.91 Å². The maximum absolute atomic E-state index is 10.2. The summed E-state index contributed by atoms with van der Waals surface area (Å²) >= 11 is 0. The van der Waals surface area contributed by atoms with Gasteiger partial charge in [-0.3, -0.25) is 4.52 Å². The Morgan fingerprint density at radius 1 is 0.733 bits per heavy atom. The predicted molar refractivity (Wildman–Crippen MR) is 43.2 cm³/mol. The van der Waals surface area contributed by atoms with Gasteiger partial charge in [-0.05, 0) is 0 Å². The van der Waals surface area contributed by atoms with Crippen molar-refractivity contribution in [3.05, 3.63) is 0 Å². The highest BCUT2D eigenvalue weighted by molar-refractivity contribution is 7.24. The number of hydrogen-bond acceptors (Lipinski definition) is 8. The molecule has 1 aliphatic carbocycles. The minimum absolute atomic E-state index is 1.69. The summed E-state index contributed by atoms with van der Waals surface area (Å²) < 4.78 is 24.6. The Hall–Kier alpha value is -0.340. The highest BCUT2D eigenvalue weighted by Gasteiger charge is 2.49. The molecule has 0 aromatic heterocycles. The molecule has 3 unspecified atom stereocenters. The molecule has 0 bridgehead atoms. The Labute approximate surface area is 84.6 Å². The lowest BCUT2D eigenvalue weighted by atomic mass is 9.85. The highest BCUT2D eigenvalue weighted by Crippen LogP contribution is 2.27. The smallest absolute Gasteiger partial charge is 0.387 e. The fourth-order valence-corrected chi connectivity index (χ4v) is 1.87. The van der Waals surface area contributed by atoms with E-state index < -0.39 is 44.5 Å². The molecule has 9 heteroatoms. The molecule has 0 aliphatic heterocycles. The van der Waals surface area contributed by atoms with Crippen LogP contribution in [0.25, 0.3) is 0 Å². The summed E-state index contributed by atoms with van der Waals surface area (Å²) in [7, 11) is -3.35. The number of rotatable bonds is 2. The van der Waals surface area contributed by atoms with E-state index >= 15 is 0 Å². The van der Waals surface area contributed by atoms with E-state index in [0.29, 0.717) is 0 Å². The molecule has 0 saturated heterocycles. The van der Waals surface area contributed by atoms with E-state index in [0.717, 1.165) is 0 Å². The Balaban J connectivity index is 2.86. The molecule has 0 aromatic rings. The van der Waals surface area contributed by atoms with E-state index in [1.54, 1.807) is 0 Å². The first-order valence-corrected chi connectivity index (χ1v) is 5.17. The van der Waals surface area contributed by atoms with Gasteiger partial charge >= 0.3 is 7.91 Å². The predicted octanol–water partition coefficient (Wildman–Crippen LogP) is -2.72. The van der Waals surface area contributed by atoms with E-state index in [1.807, 2.05) is 0 Å². The Kier molecular flexibility index (Phi) is 3.96. The highest BCUT2D eigenvalue weighted by atomic mass is 31.1. The molecule has 0 radical (unpaired) electrons. The van der Waals surface area contributed by atoms with Gasteiger partial charge in [-0.1, -0.05) is 0 Å². The van der Waals surface area contributed by atoms with Crippen LogP contribution in [-0.4, -0.2) is 62.2 Å². The quantitative estimate of drug-likeness (QED) is 0.328. The first kappa shape index (κ1) is 12.7. The lowest BCUT2D eigenvalue weighted by Crippen LogP contribution is -2.63. The molecule has 0 aromatic carbocycles. The third-order valence-corrected chi connectivity index (χ3v) is 2.70. The lowest BCUT2D eigenvalue weighted by Gasteiger charge is -2.40. The van der Waals surface area contributed by atoms with Crippen molar-refractivity contribution in [2.24, 2.45) is 0 Å². The van der Waals surface area contributed by atoms with Gasteiger partial charge in [-0.15, -0.1) is 0 Å². The van der Waals surface area contributed by atoms with Crippen molar-refractivity contribution in [1.82, 2.24) is 0 Å². The number of aliphatic hydroxyl groups is 5. The molecule has 0 amide bonds. The third-order valence-electron chi connectivity index (χ3n) is 2.28. The van der Waals surface area contributed by atoms with Crippen molar-refractivity contribution in [2.45, 2.75) is 36.6 Å². The summed E-state index contributed by atoms with van der Waals surface area (Å²) in [5, 5.41) is 46.0. The molecule has 5 N–H and O–H groups in total. The van der Waals surface area contributed by atoms with Crippen LogP contribution in [0, 0.1) is 0 Å². The van der Waals surface area contributed by atoms with Crippen LogP contribution in [0.4, 0.5) is 0 Å². The van der Waals surface area contributed by atoms with Crippen molar-refractivity contribution in [3.8, 4) is 0 Å². The Morgan fingerprint density at radius 3 is 1.40 bits per heavy atom. The van der Waals surface area contributed by atoms with E-state index in [-0.39, 0.29) is 0 Å². The summed E-state index contributed by atoms with van der Waals surface area (Å²) in [6.07, 6.45) is -10.6. The van der Waals surface area contributed by atoms with E-state index in [9.17, 15) is 19.3 Å². The average molecular weight is 242 g/mol. The average Bonchev–Trinajstić information content (AvgIpc) is 2.18. The van der Waals surface area contributed by atoms with Crippen LogP contribution in [-0.2, 0) is 13.7 Å². The minimum atomic E-state index is -3.35. The first-order valence-electron chi connectivity index (χ1n) is 4.07. The number of aliphatic hydroxyl groups excluding tert-OH is 5. The topological polar surface area (TPSA) is 145 Å². The molecule has 8 nitrogen and oxygen atoms in total. The molecular formula is C6H11O8P. The van der Waals surface area contributed by atoms with Crippen LogP contribution >= 0.6 is 7.91 Å². The monoisotopic (exact) mass is 242 g/mol. The molecule has 1 aliphatic rings. The van der Waals surface area contributed by atoms with Gasteiger partial charge < -0.3 is 25.5 Å². The van der Waals surface area contributed by atoms with Gasteiger partial charge in [-0.25, -0.2) is 9.13 Å². The molecular weight excluding hydrogens is 231 g/mol. The minimum Gasteiger partial charge on any atom is -0.387 e. The molecule has 6 atom stereocenters.